The second kappa shape index (κ2) is 7.55. The average molecular weight is 341 g/mol. The van der Waals surface area contributed by atoms with Gasteiger partial charge in [0.1, 0.15) is 5.75 Å². The fourth-order valence-corrected chi connectivity index (χ4v) is 3.22. The van der Waals surface area contributed by atoms with E-state index in [9.17, 15) is 14.7 Å². The molecule has 1 aliphatic heterocycles. The topological polar surface area (TPSA) is 66.8 Å². The number of fused-ring (bicyclic) bond motifs is 1. The number of amides is 1. The summed E-state index contributed by atoms with van der Waals surface area (Å²) < 4.78 is 5.95. The van der Waals surface area contributed by atoms with Crippen LogP contribution < -0.4 is 4.74 Å². The highest BCUT2D eigenvalue weighted by atomic mass is 16.5. The quantitative estimate of drug-likeness (QED) is 0.783. The molecule has 5 heteroatoms. The van der Waals surface area contributed by atoms with Gasteiger partial charge in [0, 0.05) is 25.1 Å². The molecule has 1 aliphatic rings. The number of nitrogens with zero attached hydrogens (tertiary/aromatic N) is 1. The smallest absolute Gasteiger partial charge is 0.308 e. The third kappa shape index (κ3) is 3.76. The number of hydrogen-bond acceptors (Lipinski definition) is 3. The summed E-state index contributed by atoms with van der Waals surface area (Å²) in [6, 6.07) is 12.0. The molecule has 132 valence electrons. The van der Waals surface area contributed by atoms with E-state index in [4.69, 9.17) is 4.74 Å². The summed E-state index contributed by atoms with van der Waals surface area (Å²) >= 11 is 0. The number of carboxylic acids is 1. The van der Waals surface area contributed by atoms with Crippen LogP contribution in [0.2, 0.25) is 0 Å². The predicted molar refractivity (Wildman–Crippen MR) is 95.5 cm³/mol. The molecular weight excluding hydrogens is 318 g/mol. The Morgan fingerprint density at radius 3 is 2.80 bits per heavy atom. The van der Waals surface area contributed by atoms with Gasteiger partial charge in [-0.1, -0.05) is 43.7 Å². The lowest BCUT2D eigenvalue weighted by Crippen LogP contribution is -2.26. The van der Waals surface area contributed by atoms with Crippen LogP contribution in [0.5, 0.6) is 5.75 Å². The molecule has 1 heterocycles. The molecule has 1 atom stereocenters. The first-order valence-corrected chi connectivity index (χ1v) is 8.74. The van der Waals surface area contributed by atoms with Crippen LogP contribution in [-0.4, -0.2) is 35.0 Å². The highest BCUT2D eigenvalue weighted by Gasteiger charge is 2.34. The number of benzene rings is 2. The van der Waals surface area contributed by atoms with Gasteiger partial charge in [-0.2, -0.15) is 0 Å². The zero-order valence-corrected chi connectivity index (χ0v) is 14.4. The molecule has 0 radical (unpaired) electrons. The monoisotopic (exact) mass is 341 g/mol. The van der Waals surface area contributed by atoms with Crippen molar-refractivity contribution in [1.29, 1.82) is 0 Å². The van der Waals surface area contributed by atoms with Crippen LogP contribution in [0, 0.1) is 5.92 Å². The molecule has 1 N–H and O–H groups in total. The van der Waals surface area contributed by atoms with Crippen LogP contribution in [0.1, 0.15) is 31.7 Å². The van der Waals surface area contributed by atoms with Gasteiger partial charge >= 0.3 is 5.97 Å². The number of carboxylic acid groups (broad SMARTS) is 1. The summed E-state index contributed by atoms with van der Waals surface area (Å²) in [5.41, 5.74) is 0.952. The van der Waals surface area contributed by atoms with Crippen LogP contribution in [0.4, 0.5) is 0 Å². The van der Waals surface area contributed by atoms with Crippen LogP contribution in [0.3, 0.4) is 0 Å². The lowest BCUT2D eigenvalue weighted by molar-refractivity contribution is -0.141. The average Bonchev–Trinajstić information content (AvgIpc) is 2.98. The van der Waals surface area contributed by atoms with Crippen molar-refractivity contribution < 1.29 is 19.4 Å². The molecular formula is C20H23NO4. The van der Waals surface area contributed by atoms with E-state index in [-0.39, 0.29) is 18.9 Å². The van der Waals surface area contributed by atoms with Crippen molar-refractivity contribution in [3.05, 3.63) is 42.0 Å². The number of hydrogen-bond donors (Lipinski definition) is 1. The van der Waals surface area contributed by atoms with Crippen LogP contribution >= 0.6 is 0 Å². The van der Waals surface area contributed by atoms with Crippen LogP contribution in [0.25, 0.3) is 10.8 Å². The van der Waals surface area contributed by atoms with E-state index in [0.717, 1.165) is 34.9 Å². The molecule has 2 aromatic carbocycles. The van der Waals surface area contributed by atoms with Gasteiger partial charge in [-0.15, -0.1) is 0 Å². The van der Waals surface area contributed by atoms with Gasteiger partial charge in [-0.25, -0.2) is 0 Å². The van der Waals surface area contributed by atoms with Gasteiger partial charge in [-0.3, -0.25) is 9.59 Å². The van der Waals surface area contributed by atoms with Gasteiger partial charge < -0.3 is 14.7 Å². The van der Waals surface area contributed by atoms with E-state index in [1.54, 1.807) is 4.90 Å². The van der Waals surface area contributed by atoms with Gasteiger partial charge in [0.2, 0.25) is 5.91 Å². The summed E-state index contributed by atoms with van der Waals surface area (Å²) in [5, 5.41) is 11.3. The molecule has 5 nitrogen and oxygen atoms in total. The summed E-state index contributed by atoms with van der Waals surface area (Å²) in [6.45, 7) is 3.38. The molecule has 0 saturated carbocycles. The Morgan fingerprint density at radius 1 is 1.28 bits per heavy atom. The Kier molecular flexibility index (Phi) is 5.22. The first-order chi connectivity index (χ1) is 12.1. The third-order valence-electron chi connectivity index (χ3n) is 4.67. The van der Waals surface area contributed by atoms with Crippen molar-refractivity contribution >= 4 is 22.6 Å². The predicted octanol–water partition coefficient (Wildman–Crippen LogP) is 3.45. The normalized spacial score (nSPS) is 17.2. The Balaban J connectivity index is 1.91. The number of ether oxygens (including phenoxy) is 1. The Bertz CT molecular complexity index is 786. The van der Waals surface area contributed by atoms with E-state index in [2.05, 4.69) is 6.92 Å². The van der Waals surface area contributed by atoms with Crippen LogP contribution in [-0.2, 0) is 16.1 Å². The van der Waals surface area contributed by atoms with Crippen molar-refractivity contribution in [2.24, 2.45) is 5.92 Å². The Hall–Kier alpha value is -2.56. The molecule has 0 unspecified atom stereocenters. The Morgan fingerprint density at radius 2 is 2.08 bits per heavy atom. The van der Waals surface area contributed by atoms with E-state index < -0.39 is 11.9 Å². The summed E-state index contributed by atoms with van der Waals surface area (Å²) in [6.07, 6.45) is 2.09. The van der Waals surface area contributed by atoms with Gasteiger partial charge in [0.05, 0.1) is 12.5 Å². The number of carbonyl (C=O) groups is 2. The summed E-state index contributed by atoms with van der Waals surface area (Å²) in [4.78, 5) is 25.1. The van der Waals surface area contributed by atoms with E-state index >= 15 is 0 Å². The maximum absolute atomic E-state index is 12.2. The minimum absolute atomic E-state index is 0.0755. The first-order valence-electron chi connectivity index (χ1n) is 8.74. The lowest BCUT2D eigenvalue weighted by atomic mass is 10.0. The SMILES string of the molecule is CCCCOc1ccc2ccccc2c1CN1C[C@H](C(=O)O)CC1=O. The minimum atomic E-state index is -0.909. The fraction of sp³-hybridized carbons (Fsp3) is 0.400. The third-order valence-corrected chi connectivity index (χ3v) is 4.67. The number of likely N-dealkylation sites (tertiary alicyclic amines) is 1. The number of unbranched alkanes of at least 4 members (excludes halogenated alkanes) is 1. The standard InChI is InChI=1S/C20H23NO4/c1-2-3-10-25-18-9-8-14-6-4-5-7-16(14)17(18)13-21-12-15(20(23)24)11-19(21)22/h4-9,15H,2-3,10-13H2,1H3,(H,23,24)/t15-/m1/s1. The molecule has 1 fully saturated rings. The van der Waals surface area contributed by atoms with E-state index in [1.165, 1.54) is 0 Å². The van der Waals surface area contributed by atoms with Gasteiger partial charge in [0.15, 0.2) is 0 Å². The highest BCUT2D eigenvalue weighted by Crippen LogP contribution is 2.31. The molecule has 0 bridgehead atoms. The second-order valence-corrected chi connectivity index (χ2v) is 6.48. The van der Waals surface area contributed by atoms with Crippen molar-refractivity contribution in [2.75, 3.05) is 13.2 Å². The molecule has 1 amide bonds. The van der Waals surface area contributed by atoms with Crippen molar-refractivity contribution in [3.63, 3.8) is 0 Å². The highest BCUT2D eigenvalue weighted by molar-refractivity contribution is 5.89. The van der Waals surface area contributed by atoms with Gasteiger partial charge in [-0.05, 0) is 23.3 Å². The zero-order valence-electron chi connectivity index (χ0n) is 14.4. The maximum atomic E-state index is 12.2. The maximum Gasteiger partial charge on any atom is 0.308 e. The van der Waals surface area contributed by atoms with E-state index in [1.807, 2.05) is 36.4 Å². The van der Waals surface area contributed by atoms with Crippen molar-refractivity contribution in [2.45, 2.75) is 32.7 Å². The summed E-state index contributed by atoms with van der Waals surface area (Å²) in [5.74, 6) is -0.862. The molecule has 0 spiro atoms. The zero-order chi connectivity index (χ0) is 17.8. The van der Waals surface area contributed by atoms with Gasteiger partial charge in [0.25, 0.3) is 0 Å². The molecule has 0 aromatic heterocycles. The largest absolute Gasteiger partial charge is 0.493 e. The molecule has 2 aromatic rings. The molecule has 0 aliphatic carbocycles. The van der Waals surface area contributed by atoms with Crippen LogP contribution in [0.15, 0.2) is 36.4 Å². The van der Waals surface area contributed by atoms with E-state index in [0.29, 0.717) is 13.2 Å². The second-order valence-electron chi connectivity index (χ2n) is 6.48. The number of carbonyl (C=O) groups excluding carboxylic acids is 1. The molecule has 25 heavy (non-hydrogen) atoms. The lowest BCUT2D eigenvalue weighted by Gasteiger charge is -2.20. The van der Waals surface area contributed by atoms with Crippen molar-refractivity contribution in [1.82, 2.24) is 4.90 Å². The molecule has 1 saturated heterocycles. The molecule has 3 rings (SSSR count). The number of rotatable bonds is 7. The summed E-state index contributed by atoms with van der Waals surface area (Å²) in [7, 11) is 0. The minimum Gasteiger partial charge on any atom is -0.493 e. The Labute approximate surface area is 147 Å². The fourth-order valence-electron chi connectivity index (χ4n) is 3.22. The van der Waals surface area contributed by atoms with Crippen molar-refractivity contribution in [3.8, 4) is 5.75 Å². The first kappa shape index (κ1) is 17.3. The number of aliphatic carboxylic acids is 1.